The minimum Gasteiger partial charge on any atom is -0.492 e. The SMILES string of the molecule is CCOc1c(Br)cc(CNC2CCCc3occc32)cc1Br. The lowest BCUT2D eigenvalue weighted by Crippen LogP contribution is -2.24. The van der Waals surface area contributed by atoms with Gasteiger partial charge in [0.1, 0.15) is 11.5 Å². The number of fused-ring (bicyclic) bond motifs is 1. The van der Waals surface area contributed by atoms with Gasteiger partial charge in [0, 0.05) is 24.6 Å². The minimum atomic E-state index is 0.381. The first-order valence-corrected chi connectivity index (χ1v) is 9.18. The highest BCUT2D eigenvalue weighted by Gasteiger charge is 2.22. The zero-order valence-electron chi connectivity index (χ0n) is 12.5. The van der Waals surface area contributed by atoms with E-state index in [0.29, 0.717) is 12.6 Å². The monoisotopic (exact) mass is 427 g/mol. The molecule has 3 rings (SSSR count). The van der Waals surface area contributed by atoms with Gasteiger partial charge in [0.15, 0.2) is 0 Å². The second-order valence-electron chi connectivity index (χ2n) is 5.45. The molecule has 0 radical (unpaired) electrons. The second kappa shape index (κ2) is 7.20. The van der Waals surface area contributed by atoms with Gasteiger partial charge in [0.05, 0.1) is 21.8 Å². The molecule has 5 heteroatoms. The Morgan fingerprint density at radius 3 is 2.82 bits per heavy atom. The fourth-order valence-electron chi connectivity index (χ4n) is 2.94. The lowest BCUT2D eigenvalue weighted by molar-refractivity contribution is 0.335. The van der Waals surface area contributed by atoms with E-state index in [0.717, 1.165) is 39.8 Å². The average molecular weight is 429 g/mol. The maximum Gasteiger partial charge on any atom is 0.147 e. The van der Waals surface area contributed by atoms with Crippen LogP contribution in [0.3, 0.4) is 0 Å². The van der Waals surface area contributed by atoms with Crippen LogP contribution in [0.4, 0.5) is 0 Å². The zero-order chi connectivity index (χ0) is 15.5. The summed E-state index contributed by atoms with van der Waals surface area (Å²) in [5, 5.41) is 3.64. The Morgan fingerprint density at radius 1 is 1.32 bits per heavy atom. The Bertz CT molecular complexity index is 631. The summed E-state index contributed by atoms with van der Waals surface area (Å²) in [5.74, 6) is 2.00. The molecule has 0 bridgehead atoms. The maximum absolute atomic E-state index is 5.63. The third kappa shape index (κ3) is 3.42. The molecule has 1 heterocycles. The van der Waals surface area contributed by atoms with Gasteiger partial charge in [-0.05, 0) is 75.4 Å². The molecule has 0 saturated heterocycles. The van der Waals surface area contributed by atoms with E-state index in [1.165, 1.54) is 17.5 Å². The molecule has 22 heavy (non-hydrogen) atoms. The van der Waals surface area contributed by atoms with Crippen molar-refractivity contribution < 1.29 is 9.15 Å². The van der Waals surface area contributed by atoms with Gasteiger partial charge in [-0.25, -0.2) is 0 Å². The van der Waals surface area contributed by atoms with Gasteiger partial charge in [-0.1, -0.05) is 0 Å². The van der Waals surface area contributed by atoms with Gasteiger partial charge in [0.2, 0.25) is 0 Å². The summed E-state index contributed by atoms with van der Waals surface area (Å²) in [6, 6.07) is 6.70. The second-order valence-corrected chi connectivity index (χ2v) is 7.16. The van der Waals surface area contributed by atoms with E-state index < -0.39 is 0 Å². The quantitative estimate of drug-likeness (QED) is 0.694. The van der Waals surface area contributed by atoms with Crippen molar-refractivity contribution in [1.29, 1.82) is 0 Å². The van der Waals surface area contributed by atoms with Crippen LogP contribution in [0.5, 0.6) is 5.75 Å². The topological polar surface area (TPSA) is 34.4 Å². The lowest BCUT2D eigenvalue weighted by atomic mass is 9.93. The van der Waals surface area contributed by atoms with E-state index in [-0.39, 0.29) is 0 Å². The third-order valence-electron chi connectivity index (χ3n) is 3.95. The number of ether oxygens (including phenoxy) is 1. The smallest absolute Gasteiger partial charge is 0.147 e. The number of nitrogens with one attached hydrogen (secondary N) is 1. The summed E-state index contributed by atoms with van der Waals surface area (Å²) in [4.78, 5) is 0. The molecule has 1 atom stereocenters. The zero-order valence-corrected chi connectivity index (χ0v) is 15.7. The summed E-state index contributed by atoms with van der Waals surface area (Å²) >= 11 is 7.17. The van der Waals surface area contributed by atoms with Crippen LogP contribution in [0, 0.1) is 0 Å². The Balaban J connectivity index is 1.70. The molecular weight excluding hydrogens is 410 g/mol. The molecule has 1 aromatic heterocycles. The van der Waals surface area contributed by atoms with Crippen LogP contribution in [0.25, 0.3) is 0 Å². The van der Waals surface area contributed by atoms with E-state index in [1.807, 2.05) is 6.92 Å². The number of hydrogen-bond donors (Lipinski definition) is 1. The van der Waals surface area contributed by atoms with Crippen molar-refractivity contribution >= 4 is 31.9 Å². The van der Waals surface area contributed by atoms with Crippen LogP contribution in [0.15, 0.2) is 37.8 Å². The Morgan fingerprint density at radius 2 is 2.09 bits per heavy atom. The first kappa shape index (κ1) is 16.1. The van der Waals surface area contributed by atoms with E-state index in [4.69, 9.17) is 9.15 Å². The van der Waals surface area contributed by atoms with Crippen molar-refractivity contribution in [1.82, 2.24) is 5.32 Å². The van der Waals surface area contributed by atoms with Gasteiger partial charge in [-0.2, -0.15) is 0 Å². The predicted octanol–water partition coefficient (Wildman–Crippen LogP) is 5.37. The highest BCUT2D eigenvalue weighted by molar-refractivity contribution is 9.11. The maximum atomic E-state index is 5.63. The van der Waals surface area contributed by atoms with E-state index >= 15 is 0 Å². The van der Waals surface area contributed by atoms with Gasteiger partial charge < -0.3 is 14.5 Å². The van der Waals surface area contributed by atoms with E-state index in [1.54, 1.807) is 6.26 Å². The Hall–Kier alpha value is -0.780. The number of aryl methyl sites for hydroxylation is 1. The molecule has 0 fully saturated rings. The molecule has 1 N–H and O–H groups in total. The number of hydrogen-bond acceptors (Lipinski definition) is 3. The van der Waals surface area contributed by atoms with E-state index in [9.17, 15) is 0 Å². The normalized spacial score (nSPS) is 17.3. The predicted molar refractivity (Wildman–Crippen MR) is 94.2 cm³/mol. The number of halogens is 2. The highest BCUT2D eigenvalue weighted by atomic mass is 79.9. The molecule has 3 nitrogen and oxygen atoms in total. The van der Waals surface area contributed by atoms with Gasteiger partial charge in [0.25, 0.3) is 0 Å². The van der Waals surface area contributed by atoms with Crippen molar-refractivity contribution in [2.45, 2.75) is 38.8 Å². The van der Waals surface area contributed by atoms with E-state index in [2.05, 4.69) is 55.4 Å². The molecule has 0 amide bonds. The summed E-state index contributed by atoms with van der Waals surface area (Å²) in [6.45, 7) is 3.46. The number of furan rings is 1. The first-order chi connectivity index (χ1) is 10.7. The average Bonchev–Trinajstić information content (AvgIpc) is 2.98. The number of rotatable bonds is 5. The van der Waals surface area contributed by atoms with Crippen molar-refractivity contribution in [2.24, 2.45) is 0 Å². The minimum absolute atomic E-state index is 0.381. The molecule has 1 aromatic carbocycles. The van der Waals surface area contributed by atoms with Crippen molar-refractivity contribution in [3.8, 4) is 5.75 Å². The van der Waals surface area contributed by atoms with Crippen LogP contribution in [0.2, 0.25) is 0 Å². The van der Waals surface area contributed by atoms with Gasteiger partial charge in [-0.15, -0.1) is 0 Å². The molecule has 0 aliphatic heterocycles. The standard InChI is InChI=1S/C17H19Br2NO2/c1-2-21-17-13(18)8-11(9-14(17)19)10-20-15-4-3-5-16-12(15)6-7-22-16/h6-9,15,20H,2-5,10H2,1H3. The summed E-state index contributed by atoms with van der Waals surface area (Å²) < 4.78 is 13.1. The third-order valence-corrected chi connectivity index (χ3v) is 5.13. The Labute approximate surface area is 147 Å². The van der Waals surface area contributed by atoms with Gasteiger partial charge >= 0.3 is 0 Å². The molecule has 1 aliphatic carbocycles. The lowest BCUT2D eigenvalue weighted by Gasteiger charge is -2.23. The highest BCUT2D eigenvalue weighted by Crippen LogP contribution is 2.35. The number of benzene rings is 1. The van der Waals surface area contributed by atoms with Crippen molar-refractivity contribution in [3.63, 3.8) is 0 Å². The molecule has 0 spiro atoms. The molecule has 0 saturated carbocycles. The van der Waals surface area contributed by atoms with Crippen molar-refractivity contribution in [3.05, 3.63) is 50.3 Å². The largest absolute Gasteiger partial charge is 0.492 e. The Kier molecular flexibility index (Phi) is 5.26. The summed E-state index contributed by atoms with van der Waals surface area (Å²) in [5.41, 5.74) is 2.54. The molecule has 1 aliphatic rings. The van der Waals surface area contributed by atoms with Crippen LogP contribution in [-0.4, -0.2) is 6.61 Å². The van der Waals surface area contributed by atoms with Crippen LogP contribution in [-0.2, 0) is 13.0 Å². The van der Waals surface area contributed by atoms with Gasteiger partial charge in [-0.3, -0.25) is 0 Å². The fraction of sp³-hybridized carbons (Fsp3) is 0.412. The van der Waals surface area contributed by atoms with Crippen LogP contribution in [0.1, 0.15) is 42.7 Å². The van der Waals surface area contributed by atoms with Crippen LogP contribution < -0.4 is 10.1 Å². The van der Waals surface area contributed by atoms with Crippen molar-refractivity contribution in [2.75, 3.05) is 6.61 Å². The molecular formula is C17H19Br2NO2. The summed E-state index contributed by atoms with van der Waals surface area (Å²) in [7, 11) is 0. The molecule has 118 valence electrons. The van der Waals surface area contributed by atoms with Crippen LogP contribution >= 0.6 is 31.9 Å². The first-order valence-electron chi connectivity index (χ1n) is 7.59. The molecule has 1 unspecified atom stereocenters. The fourth-order valence-corrected chi connectivity index (χ4v) is 4.45. The molecule has 2 aromatic rings. The summed E-state index contributed by atoms with van der Waals surface area (Å²) in [6.07, 6.45) is 5.19.